The van der Waals surface area contributed by atoms with E-state index >= 15 is 0 Å². The molecule has 0 spiro atoms. The van der Waals surface area contributed by atoms with Crippen molar-refractivity contribution in [2.24, 2.45) is 7.05 Å². The third-order valence-electron chi connectivity index (χ3n) is 0.961. The van der Waals surface area contributed by atoms with Gasteiger partial charge in [-0.25, -0.2) is 4.98 Å². The second-order valence-corrected chi connectivity index (χ2v) is 2.01. The van der Waals surface area contributed by atoms with E-state index in [1.807, 2.05) is 14.0 Å². The van der Waals surface area contributed by atoms with Gasteiger partial charge in [0.25, 0.3) is 0 Å². The van der Waals surface area contributed by atoms with Gasteiger partial charge in [-0.05, 0) is 6.92 Å². The Morgan fingerprint density at radius 3 is 2.50 bits per heavy atom. The van der Waals surface area contributed by atoms with Crippen molar-refractivity contribution in [1.82, 2.24) is 9.55 Å². The van der Waals surface area contributed by atoms with Gasteiger partial charge in [-0.15, -0.1) is 0 Å². The molecule has 1 radical (unpaired) electrons. The van der Waals surface area contributed by atoms with E-state index in [9.17, 15) is 0 Å². The highest BCUT2D eigenvalue weighted by Gasteiger charge is 1.97. The lowest BCUT2D eigenvalue weighted by Crippen LogP contribution is -1.82. The van der Waals surface area contributed by atoms with Gasteiger partial charge in [-0.2, -0.15) is 0 Å². The van der Waals surface area contributed by atoms with Crippen LogP contribution in [0, 0.1) is 13.3 Å². The lowest BCUT2D eigenvalue weighted by Gasteiger charge is -1.87. The summed E-state index contributed by atoms with van der Waals surface area (Å²) in [6.45, 7) is 1.85. The number of hydrogen-bond acceptors (Lipinski definition) is 1. The minimum absolute atomic E-state index is 0.657. The summed E-state index contributed by atoms with van der Waals surface area (Å²) in [4.78, 5) is 3.82. The Bertz CT molecular complexity index is 173. The zero-order valence-electron chi connectivity index (χ0n) is 4.77. The average molecular weight is 130 g/mol. The first kappa shape index (κ1) is 5.63. The van der Waals surface area contributed by atoms with Gasteiger partial charge in [-0.3, -0.25) is 0 Å². The van der Waals surface area contributed by atoms with E-state index in [0.29, 0.717) is 5.15 Å². The summed E-state index contributed by atoms with van der Waals surface area (Å²) in [6, 6.07) is 0. The lowest BCUT2D eigenvalue weighted by atomic mass is 10.6. The first-order valence-corrected chi connectivity index (χ1v) is 2.66. The van der Waals surface area contributed by atoms with Gasteiger partial charge >= 0.3 is 0 Å². The van der Waals surface area contributed by atoms with Crippen molar-refractivity contribution in [3.05, 3.63) is 17.2 Å². The minimum atomic E-state index is 0.657. The fraction of sp³-hybridized carbons (Fsp3) is 0.400. The molecule has 0 aliphatic rings. The molecule has 0 saturated heterocycles. The molecule has 1 aromatic heterocycles. The van der Waals surface area contributed by atoms with Gasteiger partial charge < -0.3 is 4.57 Å². The average Bonchev–Trinajstić information content (AvgIpc) is 1.98. The van der Waals surface area contributed by atoms with E-state index in [-0.39, 0.29) is 0 Å². The topological polar surface area (TPSA) is 17.8 Å². The summed E-state index contributed by atoms with van der Waals surface area (Å²) in [6.07, 6.45) is 2.67. The molecule has 1 rings (SSSR count). The molecule has 43 valence electrons. The normalized spacial score (nSPS) is 9.88. The monoisotopic (exact) mass is 129 g/mol. The highest BCUT2D eigenvalue weighted by molar-refractivity contribution is 6.30. The van der Waals surface area contributed by atoms with Crippen LogP contribution in [0.4, 0.5) is 0 Å². The minimum Gasteiger partial charge on any atom is -0.315 e. The molecular weight excluding hydrogens is 124 g/mol. The van der Waals surface area contributed by atoms with Gasteiger partial charge in [0.15, 0.2) is 6.33 Å². The molecule has 0 fully saturated rings. The zero-order valence-corrected chi connectivity index (χ0v) is 5.53. The molecule has 0 aromatic carbocycles. The molecule has 0 aliphatic carbocycles. The number of halogens is 1. The Morgan fingerprint density at radius 1 is 1.75 bits per heavy atom. The fourth-order valence-corrected chi connectivity index (χ4v) is 0.563. The van der Waals surface area contributed by atoms with Crippen LogP contribution in [0.1, 0.15) is 5.69 Å². The van der Waals surface area contributed by atoms with Crippen molar-refractivity contribution < 1.29 is 0 Å². The summed E-state index contributed by atoms with van der Waals surface area (Å²) >= 11 is 5.66. The SMILES string of the molecule is Cc1n[c]n(C)c1Cl. The van der Waals surface area contributed by atoms with Crippen molar-refractivity contribution in [3.8, 4) is 0 Å². The second kappa shape index (κ2) is 1.78. The Balaban J connectivity index is 3.19. The first-order valence-electron chi connectivity index (χ1n) is 2.28. The van der Waals surface area contributed by atoms with Crippen LogP contribution in [-0.4, -0.2) is 9.55 Å². The summed E-state index contributed by atoms with van der Waals surface area (Å²) in [5.41, 5.74) is 0.828. The van der Waals surface area contributed by atoms with E-state index in [1.165, 1.54) is 0 Å². The van der Waals surface area contributed by atoms with Gasteiger partial charge in [0.05, 0.1) is 5.69 Å². The Hall–Kier alpha value is -0.500. The predicted octanol–water partition coefficient (Wildman–Crippen LogP) is 1.18. The largest absolute Gasteiger partial charge is 0.315 e. The third-order valence-corrected chi connectivity index (χ3v) is 1.49. The molecule has 0 saturated carbocycles. The molecule has 8 heavy (non-hydrogen) atoms. The van der Waals surface area contributed by atoms with E-state index in [1.54, 1.807) is 4.57 Å². The van der Waals surface area contributed by atoms with Gasteiger partial charge in [0.1, 0.15) is 5.15 Å². The van der Waals surface area contributed by atoms with Crippen LogP contribution in [0.3, 0.4) is 0 Å². The lowest BCUT2D eigenvalue weighted by molar-refractivity contribution is 0.903. The summed E-state index contributed by atoms with van der Waals surface area (Å²) in [5, 5.41) is 0.657. The van der Waals surface area contributed by atoms with Crippen LogP contribution in [0.2, 0.25) is 5.15 Å². The van der Waals surface area contributed by atoms with Gasteiger partial charge in [0.2, 0.25) is 0 Å². The van der Waals surface area contributed by atoms with Crippen LogP contribution in [0.15, 0.2) is 0 Å². The molecule has 0 unspecified atom stereocenters. The quantitative estimate of drug-likeness (QED) is 0.515. The summed E-state index contributed by atoms with van der Waals surface area (Å²) in [7, 11) is 1.81. The molecule has 0 aliphatic heterocycles. The van der Waals surface area contributed by atoms with Crippen LogP contribution in [0.25, 0.3) is 0 Å². The molecule has 0 bridgehead atoms. The number of imidazole rings is 1. The highest BCUT2D eigenvalue weighted by atomic mass is 35.5. The molecule has 0 N–H and O–H groups in total. The molecule has 1 heterocycles. The Kier molecular flexibility index (Phi) is 1.26. The smallest absolute Gasteiger partial charge is 0.177 e. The summed E-state index contributed by atoms with van der Waals surface area (Å²) in [5.74, 6) is 0. The van der Waals surface area contributed by atoms with Crippen LogP contribution < -0.4 is 0 Å². The first-order chi connectivity index (χ1) is 3.72. The van der Waals surface area contributed by atoms with E-state index in [2.05, 4.69) is 11.3 Å². The maximum atomic E-state index is 5.66. The van der Waals surface area contributed by atoms with E-state index < -0.39 is 0 Å². The van der Waals surface area contributed by atoms with Crippen molar-refractivity contribution in [1.29, 1.82) is 0 Å². The standard InChI is InChI=1S/C5H6ClN2/c1-4-5(6)8(2)3-7-4/h1-2H3. The number of rotatable bonds is 0. The summed E-state index contributed by atoms with van der Waals surface area (Å²) < 4.78 is 1.65. The van der Waals surface area contributed by atoms with Crippen LogP contribution in [0.5, 0.6) is 0 Å². The molecule has 1 aromatic rings. The molecule has 2 nitrogen and oxygen atoms in total. The van der Waals surface area contributed by atoms with E-state index in [0.717, 1.165) is 5.69 Å². The van der Waals surface area contributed by atoms with Crippen LogP contribution in [-0.2, 0) is 7.05 Å². The molecule has 3 heteroatoms. The maximum Gasteiger partial charge on any atom is 0.177 e. The predicted molar refractivity (Wildman–Crippen MR) is 31.8 cm³/mol. The van der Waals surface area contributed by atoms with Gasteiger partial charge in [0, 0.05) is 7.05 Å². The zero-order chi connectivity index (χ0) is 6.15. The molecule has 0 atom stereocenters. The highest BCUT2D eigenvalue weighted by Crippen LogP contribution is 2.09. The maximum absolute atomic E-state index is 5.66. The van der Waals surface area contributed by atoms with Crippen molar-refractivity contribution in [3.63, 3.8) is 0 Å². The molecule has 0 amide bonds. The van der Waals surface area contributed by atoms with Crippen molar-refractivity contribution in [2.45, 2.75) is 6.92 Å². The van der Waals surface area contributed by atoms with Gasteiger partial charge in [-0.1, -0.05) is 11.6 Å². The van der Waals surface area contributed by atoms with Crippen molar-refractivity contribution >= 4 is 11.6 Å². The number of aromatic nitrogens is 2. The van der Waals surface area contributed by atoms with Crippen molar-refractivity contribution in [2.75, 3.05) is 0 Å². The number of aryl methyl sites for hydroxylation is 2. The Morgan fingerprint density at radius 2 is 2.38 bits per heavy atom. The van der Waals surface area contributed by atoms with E-state index in [4.69, 9.17) is 11.6 Å². The molecular formula is C5H6ClN2. The second-order valence-electron chi connectivity index (χ2n) is 1.65. The number of nitrogens with zero attached hydrogens (tertiary/aromatic N) is 2. The third kappa shape index (κ3) is 0.713. The number of hydrogen-bond donors (Lipinski definition) is 0. The fourth-order valence-electron chi connectivity index (χ4n) is 0.483. The Labute approximate surface area is 53.1 Å². The van der Waals surface area contributed by atoms with Crippen LogP contribution >= 0.6 is 11.6 Å².